The van der Waals surface area contributed by atoms with Crippen LogP contribution in [-0.4, -0.2) is 18.8 Å². The van der Waals surface area contributed by atoms with E-state index in [1.165, 1.54) is 0 Å². The Morgan fingerprint density at radius 2 is 1.81 bits per heavy atom. The fraction of sp³-hybridized carbons (Fsp3) is 0.188. The van der Waals surface area contributed by atoms with Crippen molar-refractivity contribution in [3.63, 3.8) is 0 Å². The maximum atomic E-state index is 11.8. The number of carbonyl (C=O) groups is 1. The molecule has 0 radical (unpaired) electrons. The molecule has 0 aliphatic heterocycles. The number of hydrogen-bond donors (Lipinski definition) is 1. The van der Waals surface area contributed by atoms with Crippen LogP contribution in [0.4, 0.5) is 5.69 Å². The maximum Gasteiger partial charge on any atom is 0.225 e. The van der Waals surface area contributed by atoms with E-state index < -0.39 is 0 Å². The minimum atomic E-state index is 0.0262. The van der Waals surface area contributed by atoms with Gasteiger partial charge in [0, 0.05) is 27.2 Å². The minimum absolute atomic E-state index is 0.0262. The molecule has 0 aromatic heterocycles. The highest BCUT2D eigenvalue weighted by Crippen LogP contribution is 2.22. The summed E-state index contributed by atoms with van der Waals surface area (Å²) < 4.78 is 6.11. The molecule has 0 saturated carbocycles. The summed E-state index contributed by atoms with van der Waals surface area (Å²) in [5.74, 6) is 1.61. The van der Waals surface area contributed by atoms with Crippen LogP contribution in [0.1, 0.15) is 6.42 Å². The highest BCUT2D eigenvalue weighted by molar-refractivity contribution is 9.10. The van der Waals surface area contributed by atoms with Crippen molar-refractivity contribution in [2.75, 3.05) is 18.2 Å². The zero-order valence-electron chi connectivity index (χ0n) is 11.6. The average Bonchev–Trinajstić information content (AvgIpc) is 2.50. The third-order valence-corrected chi connectivity index (χ3v) is 4.33. The van der Waals surface area contributed by atoms with Gasteiger partial charge in [0.05, 0.1) is 7.11 Å². The topological polar surface area (TPSA) is 38.3 Å². The zero-order valence-corrected chi connectivity index (χ0v) is 14.0. The smallest absolute Gasteiger partial charge is 0.225 e. The Balaban J connectivity index is 1.74. The first-order chi connectivity index (χ1) is 10.2. The number of methoxy groups -OCH3 is 1. The SMILES string of the molecule is COc1ccc(SCCC(=O)Nc2ccc(Br)cc2)cc1. The predicted octanol–water partition coefficient (Wildman–Crippen LogP) is 4.58. The third kappa shape index (κ3) is 5.44. The van der Waals surface area contributed by atoms with Crippen LogP contribution in [0.5, 0.6) is 5.75 Å². The standard InChI is InChI=1S/C16H16BrNO2S/c1-20-14-6-8-15(9-7-14)21-11-10-16(19)18-13-4-2-12(17)3-5-13/h2-9H,10-11H2,1H3,(H,18,19). The first kappa shape index (κ1) is 15.9. The molecule has 3 nitrogen and oxygen atoms in total. The largest absolute Gasteiger partial charge is 0.497 e. The second-order valence-electron chi connectivity index (χ2n) is 4.33. The summed E-state index contributed by atoms with van der Waals surface area (Å²) >= 11 is 5.02. The van der Waals surface area contributed by atoms with Gasteiger partial charge in [0.25, 0.3) is 0 Å². The van der Waals surface area contributed by atoms with Gasteiger partial charge in [-0.05, 0) is 48.5 Å². The molecule has 0 aliphatic carbocycles. The number of amides is 1. The molecule has 0 unspecified atom stereocenters. The lowest BCUT2D eigenvalue weighted by Gasteiger charge is -2.06. The molecule has 0 fully saturated rings. The number of halogens is 1. The molecule has 2 aromatic carbocycles. The predicted molar refractivity (Wildman–Crippen MR) is 91.1 cm³/mol. The van der Waals surface area contributed by atoms with E-state index >= 15 is 0 Å². The molecule has 5 heteroatoms. The average molecular weight is 366 g/mol. The molecule has 0 bridgehead atoms. The fourth-order valence-corrected chi connectivity index (χ4v) is 2.81. The first-order valence-corrected chi connectivity index (χ1v) is 8.27. The molecule has 0 aliphatic rings. The molecule has 21 heavy (non-hydrogen) atoms. The second-order valence-corrected chi connectivity index (χ2v) is 6.41. The molecule has 110 valence electrons. The van der Waals surface area contributed by atoms with Crippen molar-refractivity contribution in [3.05, 3.63) is 53.0 Å². The van der Waals surface area contributed by atoms with Gasteiger partial charge in [-0.1, -0.05) is 15.9 Å². The highest BCUT2D eigenvalue weighted by atomic mass is 79.9. The summed E-state index contributed by atoms with van der Waals surface area (Å²) in [5, 5.41) is 2.88. The lowest BCUT2D eigenvalue weighted by molar-refractivity contribution is -0.115. The molecule has 2 rings (SSSR count). The van der Waals surface area contributed by atoms with Gasteiger partial charge in [-0.15, -0.1) is 11.8 Å². The number of anilines is 1. The van der Waals surface area contributed by atoms with Gasteiger partial charge in [0.2, 0.25) is 5.91 Å². The molecular formula is C16H16BrNO2S. The number of nitrogens with one attached hydrogen (secondary N) is 1. The molecule has 1 amide bonds. The number of ether oxygens (including phenoxy) is 1. The van der Waals surface area contributed by atoms with Gasteiger partial charge in [-0.3, -0.25) is 4.79 Å². The number of benzene rings is 2. The normalized spacial score (nSPS) is 10.2. The Kier molecular flexibility index (Phi) is 6.14. The van der Waals surface area contributed by atoms with E-state index in [0.717, 1.165) is 26.6 Å². The van der Waals surface area contributed by atoms with Crippen LogP contribution >= 0.6 is 27.7 Å². The van der Waals surface area contributed by atoms with E-state index in [2.05, 4.69) is 21.2 Å². The summed E-state index contributed by atoms with van der Waals surface area (Å²) in [6.07, 6.45) is 0.479. The van der Waals surface area contributed by atoms with E-state index in [1.54, 1.807) is 18.9 Å². The van der Waals surface area contributed by atoms with E-state index in [0.29, 0.717) is 6.42 Å². The quantitative estimate of drug-likeness (QED) is 0.761. The van der Waals surface area contributed by atoms with Crippen molar-refractivity contribution in [2.24, 2.45) is 0 Å². The molecular weight excluding hydrogens is 350 g/mol. The second kappa shape index (κ2) is 8.10. The zero-order chi connectivity index (χ0) is 15.1. The van der Waals surface area contributed by atoms with Crippen LogP contribution in [-0.2, 0) is 4.79 Å². The summed E-state index contributed by atoms with van der Waals surface area (Å²) in [7, 11) is 1.65. The van der Waals surface area contributed by atoms with Crippen LogP contribution in [0.25, 0.3) is 0 Å². The number of carbonyl (C=O) groups excluding carboxylic acids is 1. The van der Waals surface area contributed by atoms with Gasteiger partial charge in [0.1, 0.15) is 5.75 Å². The van der Waals surface area contributed by atoms with Gasteiger partial charge >= 0.3 is 0 Å². The van der Waals surface area contributed by atoms with Crippen molar-refractivity contribution < 1.29 is 9.53 Å². The lowest BCUT2D eigenvalue weighted by atomic mass is 10.3. The molecule has 0 atom stereocenters. The van der Waals surface area contributed by atoms with Crippen LogP contribution < -0.4 is 10.1 Å². The Morgan fingerprint density at radius 1 is 1.14 bits per heavy atom. The monoisotopic (exact) mass is 365 g/mol. The maximum absolute atomic E-state index is 11.8. The van der Waals surface area contributed by atoms with Gasteiger partial charge in [0.15, 0.2) is 0 Å². The van der Waals surface area contributed by atoms with Crippen molar-refractivity contribution in [2.45, 2.75) is 11.3 Å². The summed E-state index contributed by atoms with van der Waals surface area (Å²) in [6.45, 7) is 0. The van der Waals surface area contributed by atoms with Crippen molar-refractivity contribution >= 4 is 39.3 Å². The first-order valence-electron chi connectivity index (χ1n) is 6.49. The molecule has 1 N–H and O–H groups in total. The van der Waals surface area contributed by atoms with Crippen LogP contribution in [0.2, 0.25) is 0 Å². The van der Waals surface area contributed by atoms with Crippen molar-refractivity contribution in [3.8, 4) is 5.75 Å². The molecule has 0 saturated heterocycles. The number of rotatable bonds is 6. The fourth-order valence-electron chi connectivity index (χ4n) is 1.69. The van der Waals surface area contributed by atoms with Crippen molar-refractivity contribution in [1.82, 2.24) is 0 Å². The Hall–Kier alpha value is -1.46. The van der Waals surface area contributed by atoms with Crippen LogP contribution in [0.3, 0.4) is 0 Å². The lowest BCUT2D eigenvalue weighted by Crippen LogP contribution is -2.11. The van der Waals surface area contributed by atoms with Gasteiger partial charge in [-0.2, -0.15) is 0 Å². The van der Waals surface area contributed by atoms with Crippen LogP contribution in [0, 0.1) is 0 Å². The van der Waals surface area contributed by atoms with Gasteiger partial charge < -0.3 is 10.1 Å². The number of thioether (sulfide) groups is 1. The van der Waals surface area contributed by atoms with E-state index in [1.807, 2.05) is 48.5 Å². The van der Waals surface area contributed by atoms with Crippen LogP contribution in [0.15, 0.2) is 57.9 Å². The van der Waals surface area contributed by atoms with E-state index in [4.69, 9.17) is 4.74 Å². The number of hydrogen-bond acceptors (Lipinski definition) is 3. The van der Waals surface area contributed by atoms with E-state index in [-0.39, 0.29) is 5.91 Å². The van der Waals surface area contributed by atoms with E-state index in [9.17, 15) is 4.79 Å². The molecule has 2 aromatic rings. The minimum Gasteiger partial charge on any atom is -0.497 e. The van der Waals surface area contributed by atoms with Gasteiger partial charge in [-0.25, -0.2) is 0 Å². The molecule has 0 spiro atoms. The summed E-state index contributed by atoms with van der Waals surface area (Å²) in [4.78, 5) is 13.0. The molecule has 0 heterocycles. The highest BCUT2D eigenvalue weighted by Gasteiger charge is 2.03. The summed E-state index contributed by atoms with van der Waals surface area (Å²) in [5.41, 5.74) is 0.817. The summed E-state index contributed by atoms with van der Waals surface area (Å²) in [6, 6.07) is 15.4. The Morgan fingerprint density at radius 3 is 2.43 bits per heavy atom. The Labute approximate surface area is 137 Å². The van der Waals surface area contributed by atoms with Crippen molar-refractivity contribution in [1.29, 1.82) is 0 Å². The Bertz CT molecular complexity index is 584. The third-order valence-electron chi connectivity index (χ3n) is 2.79.